The van der Waals surface area contributed by atoms with Crippen molar-refractivity contribution in [3.05, 3.63) is 35.5 Å². The Balaban J connectivity index is 1.58. The van der Waals surface area contributed by atoms with Crippen molar-refractivity contribution in [1.29, 1.82) is 0 Å². The minimum absolute atomic E-state index is 0.0987. The van der Waals surface area contributed by atoms with Crippen molar-refractivity contribution in [3.8, 4) is 0 Å². The van der Waals surface area contributed by atoms with E-state index in [2.05, 4.69) is 40.7 Å². The number of aromatic amines is 1. The fourth-order valence-electron chi connectivity index (χ4n) is 2.97. The number of amides is 3. The number of nitrogens with zero attached hydrogens (tertiary/aromatic N) is 1. The van der Waals surface area contributed by atoms with Crippen LogP contribution in [0.2, 0.25) is 0 Å². The third kappa shape index (κ3) is 3.16. The number of piperazine rings is 1. The number of H-pyrrole nitrogens is 1. The zero-order valence-electron chi connectivity index (χ0n) is 13.5. The van der Waals surface area contributed by atoms with Crippen LogP contribution < -0.4 is 10.6 Å². The van der Waals surface area contributed by atoms with Crippen LogP contribution in [0.15, 0.2) is 24.4 Å². The number of hydrogen-bond donors (Lipinski definition) is 3. The van der Waals surface area contributed by atoms with Crippen LogP contribution in [-0.4, -0.2) is 47.5 Å². The van der Waals surface area contributed by atoms with Gasteiger partial charge in [-0.05, 0) is 37.5 Å². The molecule has 1 fully saturated rings. The molecule has 2 aromatic rings. The molecule has 122 valence electrons. The van der Waals surface area contributed by atoms with Crippen molar-refractivity contribution in [3.63, 3.8) is 0 Å². The topological polar surface area (TPSA) is 77.2 Å². The van der Waals surface area contributed by atoms with Gasteiger partial charge in [-0.3, -0.25) is 4.79 Å². The highest BCUT2D eigenvalue weighted by molar-refractivity contribution is 5.88. The van der Waals surface area contributed by atoms with Gasteiger partial charge in [0.15, 0.2) is 0 Å². The highest BCUT2D eigenvalue weighted by Gasteiger charge is 2.28. The lowest BCUT2D eigenvalue weighted by Crippen LogP contribution is -2.58. The summed E-state index contributed by atoms with van der Waals surface area (Å²) in [6.45, 7) is 5.42. The zero-order valence-corrected chi connectivity index (χ0v) is 13.5. The molecular formula is C17H22N4O2. The lowest BCUT2D eigenvalue weighted by Gasteiger charge is -2.32. The number of aryl methyl sites for hydroxylation is 1. The van der Waals surface area contributed by atoms with Gasteiger partial charge in [0.1, 0.15) is 6.04 Å². The first-order chi connectivity index (χ1) is 11.1. The van der Waals surface area contributed by atoms with E-state index in [4.69, 9.17) is 0 Å². The number of hydrogen-bond acceptors (Lipinski definition) is 2. The Kier molecular flexibility index (Phi) is 4.23. The van der Waals surface area contributed by atoms with Crippen molar-refractivity contribution in [2.45, 2.75) is 26.3 Å². The van der Waals surface area contributed by atoms with E-state index in [1.807, 2.05) is 6.20 Å². The summed E-state index contributed by atoms with van der Waals surface area (Å²) in [5.41, 5.74) is 3.52. The van der Waals surface area contributed by atoms with Crippen LogP contribution in [-0.2, 0) is 11.2 Å². The van der Waals surface area contributed by atoms with Gasteiger partial charge in [-0.2, -0.15) is 0 Å². The predicted octanol–water partition coefficient (Wildman–Crippen LogP) is 1.55. The molecule has 0 unspecified atom stereocenters. The van der Waals surface area contributed by atoms with Gasteiger partial charge in [0.05, 0.1) is 0 Å². The van der Waals surface area contributed by atoms with Crippen LogP contribution in [0.1, 0.15) is 18.1 Å². The van der Waals surface area contributed by atoms with Crippen LogP contribution in [0.25, 0.3) is 10.9 Å². The highest BCUT2D eigenvalue weighted by atomic mass is 16.2. The second-order valence-electron chi connectivity index (χ2n) is 6.01. The van der Waals surface area contributed by atoms with E-state index in [-0.39, 0.29) is 11.9 Å². The average Bonchev–Trinajstić information content (AvgIpc) is 2.92. The first-order valence-corrected chi connectivity index (χ1v) is 7.95. The van der Waals surface area contributed by atoms with Gasteiger partial charge in [0.2, 0.25) is 5.91 Å². The summed E-state index contributed by atoms with van der Waals surface area (Å²) in [4.78, 5) is 28.7. The molecule has 3 N–H and O–H groups in total. The summed E-state index contributed by atoms with van der Waals surface area (Å²) < 4.78 is 0. The minimum Gasteiger partial charge on any atom is -0.361 e. The van der Waals surface area contributed by atoms with Crippen molar-refractivity contribution >= 4 is 22.8 Å². The van der Waals surface area contributed by atoms with Gasteiger partial charge in [-0.15, -0.1) is 0 Å². The van der Waals surface area contributed by atoms with Gasteiger partial charge in [-0.1, -0.05) is 12.1 Å². The maximum Gasteiger partial charge on any atom is 0.318 e. The standard InChI is InChI=1S/C17H22N4O2/c1-11-3-4-14-13(10-20-15(14)9-11)5-6-19-17(23)21-8-7-18-16(22)12(21)2/h3-4,9-10,12,20H,5-8H2,1-2H3,(H,18,22)(H,19,23)/t12-/m0/s1. The van der Waals surface area contributed by atoms with Crippen molar-refractivity contribution < 1.29 is 9.59 Å². The Hall–Kier alpha value is -2.50. The molecule has 1 aromatic heterocycles. The van der Waals surface area contributed by atoms with E-state index >= 15 is 0 Å². The number of carbonyl (C=O) groups is 2. The second-order valence-corrected chi connectivity index (χ2v) is 6.01. The summed E-state index contributed by atoms with van der Waals surface area (Å²) in [7, 11) is 0. The second kappa shape index (κ2) is 6.32. The maximum atomic E-state index is 12.2. The summed E-state index contributed by atoms with van der Waals surface area (Å²) in [5, 5.41) is 6.86. The fourth-order valence-corrected chi connectivity index (χ4v) is 2.97. The van der Waals surface area contributed by atoms with Crippen LogP contribution >= 0.6 is 0 Å². The molecule has 2 heterocycles. The monoisotopic (exact) mass is 314 g/mol. The van der Waals surface area contributed by atoms with E-state index in [0.717, 1.165) is 11.9 Å². The molecule has 0 saturated carbocycles. The first-order valence-electron chi connectivity index (χ1n) is 7.95. The molecule has 1 aliphatic heterocycles. The molecule has 6 nitrogen and oxygen atoms in total. The van der Waals surface area contributed by atoms with E-state index < -0.39 is 6.04 Å². The highest BCUT2D eigenvalue weighted by Crippen LogP contribution is 2.19. The van der Waals surface area contributed by atoms with E-state index in [1.165, 1.54) is 16.5 Å². The molecule has 1 atom stereocenters. The van der Waals surface area contributed by atoms with Gasteiger partial charge in [0.25, 0.3) is 0 Å². The van der Waals surface area contributed by atoms with E-state index in [1.54, 1.807) is 11.8 Å². The Bertz CT molecular complexity index is 737. The molecule has 1 aromatic carbocycles. The summed E-state index contributed by atoms with van der Waals surface area (Å²) in [6.07, 6.45) is 2.75. The van der Waals surface area contributed by atoms with Gasteiger partial charge >= 0.3 is 6.03 Å². The molecule has 3 amide bonds. The van der Waals surface area contributed by atoms with Crippen LogP contribution in [0.4, 0.5) is 4.79 Å². The number of aromatic nitrogens is 1. The van der Waals surface area contributed by atoms with Crippen LogP contribution in [0.3, 0.4) is 0 Å². The molecule has 0 bridgehead atoms. The lowest BCUT2D eigenvalue weighted by atomic mass is 10.1. The molecule has 23 heavy (non-hydrogen) atoms. The van der Waals surface area contributed by atoms with Gasteiger partial charge in [0, 0.05) is 36.7 Å². The third-order valence-electron chi connectivity index (χ3n) is 4.35. The van der Waals surface area contributed by atoms with Crippen LogP contribution in [0, 0.1) is 6.92 Å². The normalized spacial score (nSPS) is 18.1. The molecular weight excluding hydrogens is 292 g/mol. The predicted molar refractivity (Wildman–Crippen MR) is 89.3 cm³/mol. The summed E-state index contributed by atoms with van der Waals surface area (Å²) in [5.74, 6) is -0.0987. The number of rotatable bonds is 3. The largest absolute Gasteiger partial charge is 0.361 e. The third-order valence-corrected chi connectivity index (χ3v) is 4.35. The molecule has 3 rings (SSSR count). The molecule has 0 aliphatic carbocycles. The molecule has 1 saturated heterocycles. The summed E-state index contributed by atoms with van der Waals surface area (Å²) in [6, 6.07) is 5.72. The number of fused-ring (bicyclic) bond motifs is 1. The molecule has 0 spiro atoms. The van der Waals surface area contributed by atoms with Crippen molar-refractivity contribution in [2.24, 2.45) is 0 Å². The van der Waals surface area contributed by atoms with Crippen molar-refractivity contribution in [2.75, 3.05) is 19.6 Å². The number of benzene rings is 1. The quantitative estimate of drug-likeness (QED) is 0.804. The van der Waals surface area contributed by atoms with Gasteiger partial charge in [-0.25, -0.2) is 4.79 Å². The van der Waals surface area contributed by atoms with E-state index in [9.17, 15) is 9.59 Å². The first kappa shape index (κ1) is 15.4. The molecule has 0 radical (unpaired) electrons. The number of urea groups is 1. The Labute approximate surface area is 135 Å². The van der Waals surface area contributed by atoms with E-state index in [0.29, 0.717) is 19.6 Å². The Morgan fingerprint density at radius 2 is 2.26 bits per heavy atom. The molecule has 1 aliphatic rings. The number of carbonyl (C=O) groups excluding carboxylic acids is 2. The minimum atomic E-state index is -0.417. The Morgan fingerprint density at radius 1 is 1.43 bits per heavy atom. The average molecular weight is 314 g/mol. The smallest absolute Gasteiger partial charge is 0.318 e. The van der Waals surface area contributed by atoms with Gasteiger partial charge < -0.3 is 20.5 Å². The van der Waals surface area contributed by atoms with Crippen LogP contribution in [0.5, 0.6) is 0 Å². The van der Waals surface area contributed by atoms with Crippen molar-refractivity contribution in [1.82, 2.24) is 20.5 Å². The maximum absolute atomic E-state index is 12.2. The SMILES string of the molecule is Cc1ccc2c(CCNC(=O)N3CCNC(=O)[C@@H]3C)c[nH]c2c1. The number of nitrogens with one attached hydrogen (secondary N) is 3. The summed E-state index contributed by atoms with van der Waals surface area (Å²) >= 11 is 0. The fraction of sp³-hybridized carbons (Fsp3) is 0.412. The Morgan fingerprint density at radius 3 is 3.09 bits per heavy atom. The lowest BCUT2D eigenvalue weighted by molar-refractivity contribution is -0.126. The molecule has 6 heteroatoms. The zero-order chi connectivity index (χ0) is 16.4.